The van der Waals surface area contributed by atoms with E-state index in [0.29, 0.717) is 5.69 Å². The van der Waals surface area contributed by atoms with Crippen molar-refractivity contribution in [3.8, 4) is 0 Å². The van der Waals surface area contributed by atoms with Crippen molar-refractivity contribution in [1.29, 1.82) is 0 Å². The summed E-state index contributed by atoms with van der Waals surface area (Å²) < 4.78 is 31.0. The zero-order chi connectivity index (χ0) is 14.9. The summed E-state index contributed by atoms with van der Waals surface area (Å²) in [5.74, 6) is 0. The van der Waals surface area contributed by atoms with E-state index in [9.17, 15) is 18.5 Å². The predicted molar refractivity (Wildman–Crippen MR) is 70.2 cm³/mol. The second-order valence-corrected chi connectivity index (χ2v) is 5.86. The van der Waals surface area contributed by atoms with Gasteiger partial charge in [0.15, 0.2) is 0 Å². The first-order valence-corrected chi connectivity index (χ1v) is 7.04. The molecule has 0 aliphatic rings. The molecule has 2 aromatic rings. The monoisotopic (exact) mass is 317 g/mol. The number of benzene rings is 1. The van der Waals surface area contributed by atoms with Crippen LogP contribution in [0.25, 0.3) is 0 Å². The molecular weight excluding hydrogens is 310 g/mol. The summed E-state index contributed by atoms with van der Waals surface area (Å²) in [5, 5.41) is 10.6. The molecule has 0 aliphatic carbocycles. The number of sulfonamides is 1. The minimum absolute atomic E-state index is 0.152. The van der Waals surface area contributed by atoms with Crippen LogP contribution in [-0.4, -0.2) is 18.3 Å². The van der Waals surface area contributed by atoms with Crippen LogP contribution in [0.5, 0.6) is 0 Å². The van der Waals surface area contributed by atoms with E-state index in [0.717, 1.165) is 18.2 Å². The lowest BCUT2D eigenvalue weighted by Crippen LogP contribution is -2.13. The van der Waals surface area contributed by atoms with E-state index < -0.39 is 20.6 Å². The highest BCUT2D eigenvalue weighted by molar-refractivity contribution is 7.92. The fourth-order valence-corrected chi connectivity index (χ4v) is 2.52. The average Bonchev–Trinajstić information content (AvgIpc) is 2.73. The summed E-state index contributed by atoms with van der Waals surface area (Å²) >= 11 is 5.62. The van der Waals surface area contributed by atoms with Crippen molar-refractivity contribution in [3.63, 3.8) is 0 Å². The highest BCUT2D eigenvalue weighted by atomic mass is 35.5. The van der Waals surface area contributed by atoms with Crippen molar-refractivity contribution in [3.05, 3.63) is 45.3 Å². The fourth-order valence-electron chi connectivity index (χ4n) is 1.37. The van der Waals surface area contributed by atoms with Crippen LogP contribution in [0, 0.1) is 17.0 Å². The van der Waals surface area contributed by atoms with Crippen molar-refractivity contribution in [1.82, 2.24) is 4.98 Å². The van der Waals surface area contributed by atoms with E-state index in [-0.39, 0.29) is 15.9 Å². The third kappa shape index (κ3) is 2.89. The minimum Gasteiger partial charge on any atom is -0.431 e. The van der Waals surface area contributed by atoms with Crippen LogP contribution >= 0.6 is 11.6 Å². The number of hydrogen-bond donors (Lipinski definition) is 1. The molecule has 20 heavy (non-hydrogen) atoms. The Bertz CT molecular complexity index is 771. The molecule has 0 fully saturated rings. The summed E-state index contributed by atoms with van der Waals surface area (Å²) in [6.07, 6.45) is 1.27. The van der Waals surface area contributed by atoms with Gasteiger partial charge in [0.1, 0.15) is 11.3 Å². The summed E-state index contributed by atoms with van der Waals surface area (Å²) in [5.41, 5.74) is -0.0112. The molecule has 10 heteroatoms. The smallest absolute Gasteiger partial charge is 0.309 e. The lowest BCUT2D eigenvalue weighted by Gasteiger charge is -2.04. The maximum atomic E-state index is 12.0. The van der Waals surface area contributed by atoms with Crippen LogP contribution in [0.2, 0.25) is 5.02 Å². The van der Waals surface area contributed by atoms with E-state index >= 15 is 0 Å². The van der Waals surface area contributed by atoms with Gasteiger partial charge in [-0.1, -0.05) is 11.6 Å². The van der Waals surface area contributed by atoms with Crippen LogP contribution in [0.3, 0.4) is 0 Å². The number of nitro benzene ring substituents is 1. The number of aromatic nitrogens is 1. The Kier molecular flexibility index (Phi) is 3.64. The molecule has 2 rings (SSSR count). The van der Waals surface area contributed by atoms with Gasteiger partial charge in [-0.3, -0.25) is 10.1 Å². The zero-order valence-corrected chi connectivity index (χ0v) is 11.6. The van der Waals surface area contributed by atoms with Crippen molar-refractivity contribution >= 4 is 33.3 Å². The van der Waals surface area contributed by atoms with Gasteiger partial charge >= 0.3 is 6.01 Å². The largest absolute Gasteiger partial charge is 0.431 e. The predicted octanol–water partition coefficient (Wildman–Crippen LogP) is 2.35. The maximum absolute atomic E-state index is 12.0. The molecule has 0 bridgehead atoms. The van der Waals surface area contributed by atoms with Gasteiger partial charge in [-0.2, -0.15) is 4.98 Å². The molecule has 1 aromatic carbocycles. The topological polar surface area (TPSA) is 115 Å². The number of rotatable bonds is 4. The van der Waals surface area contributed by atoms with E-state index in [2.05, 4.69) is 9.71 Å². The summed E-state index contributed by atoms with van der Waals surface area (Å²) in [6.45, 7) is 1.62. The van der Waals surface area contributed by atoms with Gasteiger partial charge < -0.3 is 4.42 Å². The molecular formula is C10H8ClN3O5S. The van der Waals surface area contributed by atoms with Gasteiger partial charge in [-0.15, -0.1) is 0 Å². The van der Waals surface area contributed by atoms with Gasteiger partial charge in [-0.25, -0.2) is 13.1 Å². The summed E-state index contributed by atoms with van der Waals surface area (Å²) in [6, 6.07) is 2.92. The maximum Gasteiger partial charge on any atom is 0.309 e. The summed E-state index contributed by atoms with van der Waals surface area (Å²) in [7, 11) is -4.04. The van der Waals surface area contributed by atoms with Crippen molar-refractivity contribution in [2.45, 2.75) is 11.8 Å². The molecule has 1 aromatic heterocycles. The third-order valence-corrected chi connectivity index (χ3v) is 3.90. The van der Waals surface area contributed by atoms with Crippen LogP contribution in [0.15, 0.2) is 33.8 Å². The van der Waals surface area contributed by atoms with Crippen LogP contribution < -0.4 is 4.72 Å². The molecule has 106 valence electrons. The van der Waals surface area contributed by atoms with Crippen LogP contribution in [0.1, 0.15) is 5.69 Å². The molecule has 0 atom stereocenters. The van der Waals surface area contributed by atoms with Crippen LogP contribution in [0.4, 0.5) is 11.7 Å². The van der Waals surface area contributed by atoms with Gasteiger partial charge in [0.25, 0.3) is 15.7 Å². The molecule has 0 amide bonds. The highest BCUT2D eigenvalue weighted by Gasteiger charge is 2.22. The molecule has 0 aliphatic heterocycles. The number of nitrogens with one attached hydrogen (secondary N) is 1. The first kappa shape index (κ1) is 14.3. The molecule has 0 spiro atoms. The van der Waals surface area contributed by atoms with Crippen molar-refractivity contribution in [2.75, 3.05) is 4.72 Å². The average molecular weight is 318 g/mol. The molecule has 1 heterocycles. The Morgan fingerprint density at radius 1 is 1.45 bits per heavy atom. The number of nitrogens with zero attached hydrogens (tertiary/aromatic N) is 2. The number of nitro groups is 1. The first-order valence-electron chi connectivity index (χ1n) is 5.18. The van der Waals surface area contributed by atoms with E-state index in [1.54, 1.807) is 6.92 Å². The Morgan fingerprint density at radius 2 is 2.15 bits per heavy atom. The third-order valence-electron chi connectivity index (χ3n) is 2.27. The summed E-state index contributed by atoms with van der Waals surface area (Å²) in [4.78, 5) is 13.4. The molecule has 0 saturated carbocycles. The molecule has 0 saturated heterocycles. The number of halogens is 1. The second kappa shape index (κ2) is 5.10. The van der Waals surface area contributed by atoms with Crippen molar-refractivity contribution < 1.29 is 17.8 Å². The number of oxazole rings is 1. The van der Waals surface area contributed by atoms with E-state index in [1.165, 1.54) is 6.26 Å². The standard InChI is InChI=1S/C10H8ClN3O5S/c1-6-5-19-10(12-6)13-20(17,18)7-2-3-8(11)9(4-7)14(15)16/h2-5H,1H3,(H,12,13). The molecule has 8 nitrogen and oxygen atoms in total. The Balaban J connectivity index is 2.39. The van der Waals surface area contributed by atoms with Crippen LogP contribution in [-0.2, 0) is 10.0 Å². The zero-order valence-electron chi connectivity index (χ0n) is 10.0. The van der Waals surface area contributed by atoms with E-state index in [1.807, 2.05) is 0 Å². The van der Waals surface area contributed by atoms with Gasteiger partial charge in [0.05, 0.1) is 15.5 Å². The van der Waals surface area contributed by atoms with Gasteiger partial charge in [0.2, 0.25) is 0 Å². The minimum atomic E-state index is -4.04. The van der Waals surface area contributed by atoms with Crippen molar-refractivity contribution in [2.24, 2.45) is 0 Å². The molecule has 0 radical (unpaired) electrons. The first-order chi connectivity index (χ1) is 9.29. The molecule has 1 N–H and O–H groups in total. The van der Waals surface area contributed by atoms with E-state index in [4.69, 9.17) is 16.0 Å². The lowest BCUT2D eigenvalue weighted by atomic mass is 10.3. The Labute approximate surface area is 118 Å². The van der Waals surface area contributed by atoms with Gasteiger partial charge in [-0.05, 0) is 19.1 Å². The SMILES string of the molecule is Cc1coc(NS(=O)(=O)c2ccc(Cl)c([N+](=O)[O-])c2)n1. The number of hydrogen-bond acceptors (Lipinski definition) is 6. The van der Waals surface area contributed by atoms with Gasteiger partial charge in [0, 0.05) is 6.07 Å². The fraction of sp³-hybridized carbons (Fsp3) is 0.100. The molecule has 0 unspecified atom stereocenters. The highest BCUT2D eigenvalue weighted by Crippen LogP contribution is 2.27. The quantitative estimate of drug-likeness (QED) is 0.683. The Hall–Kier alpha value is -2.13. The number of anilines is 1. The normalized spacial score (nSPS) is 11.3. The second-order valence-electron chi connectivity index (χ2n) is 3.77. The number of aryl methyl sites for hydroxylation is 1. The lowest BCUT2D eigenvalue weighted by molar-refractivity contribution is -0.384. The Morgan fingerprint density at radius 3 is 2.70 bits per heavy atom.